The molecule has 0 bridgehead atoms. The third-order valence-electron chi connectivity index (χ3n) is 1.73. The molecule has 0 heterocycles. The largest absolute Gasteiger partial charge is 0.469 e. The number of carbonyl (C=O) groups excluding carboxylic acids is 3. The van der Waals surface area contributed by atoms with Crippen molar-refractivity contribution in [2.45, 2.75) is 62.8 Å². The summed E-state index contributed by atoms with van der Waals surface area (Å²) < 4.78 is 13.0. The molecule has 0 atom stereocenters. The van der Waals surface area contributed by atoms with Gasteiger partial charge in [0.1, 0.15) is 0 Å². The third-order valence-corrected chi connectivity index (χ3v) is 1.73. The molecule has 0 N–H and O–H groups in total. The lowest BCUT2D eigenvalue weighted by Crippen LogP contribution is -1.99. The second-order valence-corrected chi connectivity index (χ2v) is 3.10. The minimum atomic E-state index is -0.323. The fraction of sp³-hybridized carbons (Fsp3) is 0.632. The highest BCUT2D eigenvalue weighted by molar-refractivity contribution is 5.72. The monoisotopic (exact) mass is 366 g/mol. The Bertz CT molecular complexity index is 302. The van der Waals surface area contributed by atoms with Crippen molar-refractivity contribution in [3.8, 4) is 0 Å². The molecule has 0 aliphatic rings. The van der Waals surface area contributed by atoms with E-state index in [1.54, 1.807) is 12.2 Å². The summed E-state index contributed by atoms with van der Waals surface area (Å²) in [7, 11) is 3.98. The van der Waals surface area contributed by atoms with Crippen LogP contribution in [0.15, 0.2) is 24.8 Å². The number of esters is 3. The molecule has 0 fully saturated rings. The van der Waals surface area contributed by atoms with E-state index in [9.17, 15) is 14.4 Å². The second kappa shape index (κ2) is 37.8. The predicted octanol–water partition coefficient (Wildman–Crippen LogP) is 4.97. The van der Waals surface area contributed by atoms with Gasteiger partial charge in [-0.15, -0.1) is 6.58 Å². The first kappa shape index (κ1) is 43.4. The maximum Gasteiger partial charge on any atom is 0.309 e. The molecule has 0 amide bonds. The van der Waals surface area contributed by atoms with Crippen LogP contribution in [-0.2, 0) is 28.6 Å². The standard InChI is InChI=1S/C8H12O4.C5H8O2.C2H6.4CH4/c1-11-7(9)5-3-4-6-8(10)12-2;1-3-4-5(6)7-2;1-2;;;;/h3-4H,5-6H2,1-2H3;3H,1,4H2,2H3;1-2H3;4*1H4. The van der Waals surface area contributed by atoms with Crippen molar-refractivity contribution in [2.75, 3.05) is 21.3 Å². The summed E-state index contributed by atoms with van der Waals surface area (Å²) in [5.41, 5.74) is 0. The molecule has 0 aliphatic heterocycles. The predicted molar refractivity (Wildman–Crippen MR) is 108 cm³/mol. The minimum Gasteiger partial charge on any atom is -0.469 e. The molecular weight excluding hydrogens is 324 g/mol. The van der Waals surface area contributed by atoms with Crippen LogP contribution in [0, 0.1) is 0 Å². The van der Waals surface area contributed by atoms with Gasteiger partial charge in [0.2, 0.25) is 0 Å². The molecule has 154 valence electrons. The van der Waals surface area contributed by atoms with Crippen LogP contribution in [0.5, 0.6) is 0 Å². The first-order valence-corrected chi connectivity index (χ1v) is 6.48. The lowest BCUT2D eigenvalue weighted by atomic mass is 10.3. The summed E-state index contributed by atoms with van der Waals surface area (Å²) in [5.74, 6) is -0.887. The van der Waals surface area contributed by atoms with Gasteiger partial charge >= 0.3 is 17.9 Å². The second-order valence-electron chi connectivity index (χ2n) is 3.10. The van der Waals surface area contributed by atoms with Crippen LogP contribution < -0.4 is 0 Å². The molecule has 6 heteroatoms. The highest BCUT2D eigenvalue weighted by Gasteiger charge is 1.96. The van der Waals surface area contributed by atoms with E-state index in [-0.39, 0.29) is 60.5 Å². The summed E-state index contributed by atoms with van der Waals surface area (Å²) in [5, 5.41) is 0. The Balaban J connectivity index is -0.0000000440. The van der Waals surface area contributed by atoms with Crippen molar-refractivity contribution >= 4 is 17.9 Å². The summed E-state index contributed by atoms with van der Waals surface area (Å²) in [4.78, 5) is 31.2. The van der Waals surface area contributed by atoms with Gasteiger partial charge in [-0.2, -0.15) is 0 Å². The summed E-state index contributed by atoms with van der Waals surface area (Å²) in [6, 6.07) is 0. The van der Waals surface area contributed by atoms with Crippen LogP contribution >= 0.6 is 0 Å². The molecule has 25 heavy (non-hydrogen) atoms. The molecule has 0 aromatic heterocycles. The first-order chi connectivity index (χ1) is 10.0. The highest BCUT2D eigenvalue weighted by atomic mass is 16.5. The van der Waals surface area contributed by atoms with E-state index < -0.39 is 0 Å². The van der Waals surface area contributed by atoms with Crippen molar-refractivity contribution in [3.63, 3.8) is 0 Å². The van der Waals surface area contributed by atoms with Gasteiger partial charge in [-0.25, -0.2) is 0 Å². The van der Waals surface area contributed by atoms with E-state index in [2.05, 4.69) is 20.8 Å². The Morgan fingerprint density at radius 2 is 0.920 bits per heavy atom. The van der Waals surface area contributed by atoms with E-state index in [1.165, 1.54) is 27.4 Å². The molecular formula is C19H42O6. The molecule has 0 spiro atoms. The quantitative estimate of drug-likeness (QED) is 0.375. The van der Waals surface area contributed by atoms with Gasteiger partial charge in [0.05, 0.1) is 40.6 Å². The molecule has 0 aromatic carbocycles. The van der Waals surface area contributed by atoms with Gasteiger partial charge in [-0.3, -0.25) is 14.4 Å². The number of hydrogen-bond acceptors (Lipinski definition) is 6. The maximum atomic E-state index is 10.5. The van der Waals surface area contributed by atoms with E-state index >= 15 is 0 Å². The van der Waals surface area contributed by atoms with Crippen molar-refractivity contribution in [3.05, 3.63) is 24.8 Å². The Kier molecular flexibility index (Phi) is 65.7. The van der Waals surface area contributed by atoms with E-state index in [0.29, 0.717) is 6.42 Å². The number of hydrogen-bond donors (Lipinski definition) is 0. The number of methoxy groups -OCH3 is 3. The molecule has 0 saturated heterocycles. The Hall–Kier alpha value is -2.11. The van der Waals surface area contributed by atoms with Crippen LogP contribution in [0.1, 0.15) is 62.8 Å². The number of rotatable bonds is 6. The van der Waals surface area contributed by atoms with Crippen LogP contribution in [0.2, 0.25) is 0 Å². The lowest BCUT2D eigenvalue weighted by molar-refractivity contribution is -0.140. The molecule has 0 radical (unpaired) electrons. The molecule has 0 rings (SSSR count). The van der Waals surface area contributed by atoms with Crippen molar-refractivity contribution in [1.82, 2.24) is 0 Å². The van der Waals surface area contributed by atoms with Crippen LogP contribution in [0.4, 0.5) is 0 Å². The van der Waals surface area contributed by atoms with E-state index in [0.717, 1.165) is 0 Å². The Morgan fingerprint density at radius 1 is 0.680 bits per heavy atom. The number of carbonyl (C=O) groups is 3. The summed E-state index contributed by atoms with van der Waals surface area (Å²) >= 11 is 0. The van der Waals surface area contributed by atoms with Gasteiger partial charge in [0, 0.05) is 0 Å². The van der Waals surface area contributed by atoms with Crippen molar-refractivity contribution in [1.29, 1.82) is 0 Å². The zero-order valence-corrected chi connectivity index (χ0v) is 13.5. The first-order valence-electron chi connectivity index (χ1n) is 6.48. The van der Waals surface area contributed by atoms with Gasteiger partial charge in [0.25, 0.3) is 0 Å². The fourth-order valence-electron chi connectivity index (χ4n) is 0.727. The summed E-state index contributed by atoms with van der Waals surface area (Å²) in [6.07, 6.45) is 5.33. The van der Waals surface area contributed by atoms with Crippen LogP contribution in [-0.4, -0.2) is 39.2 Å². The SMILES string of the molecule is C.C.C.C.C=CCC(=O)OC.CC.COC(=O)CC=CCC(=O)OC. The molecule has 0 unspecified atom stereocenters. The fourth-order valence-corrected chi connectivity index (χ4v) is 0.727. The zero-order valence-electron chi connectivity index (χ0n) is 13.5. The average molecular weight is 367 g/mol. The zero-order chi connectivity index (χ0) is 17.1. The van der Waals surface area contributed by atoms with Crippen LogP contribution in [0.3, 0.4) is 0 Å². The van der Waals surface area contributed by atoms with E-state index in [4.69, 9.17) is 0 Å². The Morgan fingerprint density at radius 3 is 1.08 bits per heavy atom. The molecule has 6 nitrogen and oxygen atoms in total. The molecule has 0 aliphatic carbocycles. The highest BCUT2D eigenvalue weighted by Crippen LogP contribution is 1.91. The molecule has 0 saturated carbocycles. The van der Waals surface area contributed by atoms with Crippen LogP contribution in [0.25, 0.3) is 0 Å². The van der Waals surface area contributed by atoms with Crippen molar-refractivity contribution in [2.24, 2.45) is 0 Å². The average Bonchev–Trinajstić information content (AvgIpc) is 2.53. The number of ether oxygens (including phenoxy) is 3. The third kappa shape index (κ3) is 44.9. The maximum absolute atomic E-state index is 10.5. The van der Waals surface area contributed by atoms with Gasteiger partial charge in [-0.05, 0) is 0 Å². The van der Waals surface area contributed by atoms with E-state index in [1.807, 2.05) is 13.8 Å². The van der Waals surface area contributed by atoms with Gasteiger partial charge in [0.15, 0.2) is 0 Å². The molecule has 0 aromatic rings. The normalized spacial score (nSPS) is 7.08. The van der Waals surface area contributed by atoms with Gasteiger partial charge < -0.3 is 14.2 Å². The minimum absolute atomic E-state index is 0. The smallest absolute Gasteiger partial charge is 0.309 e. The van der Waals surface area contributed by atoms with Gasteiger partial charge in [-0.1, -0.05) is 61.8 Å². The topological polar surface area (TPSA) is 78.9 Å². The van der Waals surface area contributed by atoms with Crippen molar-refractivity contribution < 1.29 is 28.6 Å². The summed E-state index contributed by atoms with van der Waals surface area (Å²) in [6.45, 7) is 7.35. The Labute approximate surface area is 156 Å². The lowest BCUT2D eigenvalue weighted by Gasteiger charge is -1.93.